The van der Waals surface area contributed by atoms with E-state index in [0.717, 1.165) is 5.52 Å². The Bertz CT molecular complexity index is 542. The fraction of sp³-hybridized carbons (Fsp3) is 0.364. The van der Waals surface area contributed by atoms with E-state index in [1.807, 2.05) is 4.57 Å². The molecule has 0 aliphatic carbocycles. The zero-order valence-corrected chi connectivity index (χ0v) is 10.7. The molecule has 0 atom stereocenters. The molecule has 0 spiro atoms. The normalized spacial score (nSPS) is 11.3. The molecular formula is C11H11Cl2FN2O. The van der Waals surface area contributed by atoms with Crippen molar-refractivity contribution >= 4 is 34.2 Å². The van der Waals surface area contributed by atoms with Gasteiger partial charge >= 0.3 is 0 Å². The number of imidazole rings is 1. The highest BCUT2D eigenvalue weighted by atomic mass is 35.5. The SMILES string of the molecule is COCCn1c(CCl)nc2cc(F)c(Cl)cc21. The van der Waals surface area contributed by atoms with E-state index >= 15 is 0 Å². The topological polar surface area (TPSA) is 27.1 Å². The number of rotatable bonds is 4. The van der Waals surface area contributed by atoms with Crippen LogP contribution in [0.2, 0.25) is 5.02 Å². The molecule has 1 heterocycles. The van der Waals surface area contributed by atoms with E-state index in [0.29, 0.717) is 24.5 Å². The van der Waals surface area contributed by atoms with Crippen LogP contribution >= 0.6 is 23.2 Å². The third-order valence-electron chi connectivity index (χ3n) is 2.51. The van der Waals surface area contributed by atoms with Crippen molar-refractivity contribution in [1.82, 2.24) is 9.55 Å². The number of hydrogen-bond donors (Lipinski definition) is 0. The molecule has 0 aliphatic heterocycles. The first-order valence-electron chi connectivity index (χ1n) is 5.06. The van der Waals surface area contributed by atoms with Gasteiger partial charge in [0.2, 0.25) is 0 Å². The molecule has 2 aromatic rings. The van der Waals surface area contributed by atoms with Crippen LogP contribution in [0.5, 0.6) is 0 Å². The van der Waals surface area contributed by atoms with Crippen molar-refractivity contribution < 1.29 is 9.13 Å². The predicted octanol–water partition coefficient (Wildman–Crippen LogP) is 3.21. The highest BCUT2D eigenvalue weighted by Gasteiger charge is 2.12. The molecule has 0 saturated carbocycles. The van der Waals surface area contributed by atoms with Crippen LogP contribution in [0.1, 0.15) is 5.82 Å². The van der Waals surface area contributed by atoms with Crippen molar-refractivity contribution in [2.24, 2.45) is 0 Å². The van der Waals surface area contributed by atoms with Gasteiger partial charge in [-0.3, -0.25) is 0 Å². The fourth-order valence-corrected chi connectivity index (χ4v) is 2.07. The second kappa shape index (κ2) is 5.21. The van der Waals surface area contributed by atoms with Gasteiger partial charge in [0, 0.05) is 19.7 Å². The smallest absolute Gasteiger partial charge is 0.144 e. The summed E-state index contributed by atoms with van der Waals surface area (Å²) in [6.45, 7) is 1.14. The maximum Gasteiger partial charge on any atom is 0.144 e. The van der Waals surface area contributed by atoms with Gasteiger partial charge in [-0.15, -0.1) is 11.6 Å². The average molecular weight is 277 g/mol. The van der Waals surface area contributed by atoms with E-state index in [2.05, 4.69) is 4.98 Å². The van der Waals surface area contributed by atoms with Gasteiger partial charge in [0.15, 0.2) is 0 Å². The van der Waals surface area contributed by atoms with Crippen molar-refractivity contribution in [3.63, 3.8) is 0 Å². The number of hydrogen-bond acceptors (Lipinski definition) is 2. The van der Waals surface area contributed by atoms with Crippen LogP contribution in [0.25, 0.3) is 11.0 Å². The monoisotopic (exact) mass is 276 g/mol. The van der Waals surface area contributed by atoms with Crippen LogP contribution < -0.4 is 0 Å². The largest absolute Gasteiger partial charge is 0.383 e. The molecule has 0 fully saturated rings. The maximum absolute atomic E-state index is 13.3. The molecule has 0 saturated heterocycles. The second-order valence-electron chi connectivity index (χ2n) is 3.56. The van der Waals surface area contributed by atoms with Gasteiger partial charge in [-0.25, -0.2) is 9.37 Å². The molecule has 0 aliphatic rings. The Hall–Kier alpha value is -0.840. The van der Waals surface area contributed by atoms with Crippen LogP contribution in [0.15, 0.2) is 12.1 Å². The lowest BCUT2D eigenvalue weighted by molar-refractivity contribution is 0.187. The molecule has 0 N–H and O–H groups in total. The lowest BCUT2D eigenvalue weighted by Gasteiger charge is -2.06. The van der Waals surface area contributed by atoms with E-state index in [1.165, 1.54) is 6.07 Å². The highest BCUT2D eigenvalue weighted by Crippen LogP contribution is 2.24. The Morgan fingerprint density at radius 2 is 2.24 bits per heavy atom. The van der Waals surface area contributed by atoms with Gasteiger partial charge in [0.05, 0.1) is 28.5 Å². The van der Waals surface area contributed by atoms with Crippen molar-refractivity contribution in [3.05, 3.63) is 28.8 Å². The molecule has 0 unspecified atom stereocenters. The summed E-state index contributed by atoms with van der Waals surface area (Å²) in [4.78, 5) is 4.26. The Labute approximate surface area is 108 Å². The maximum atomic E-state index is 13.3. The van der Waals surface area contributed by atoms with Crippen LogP contribution in [-0.4, -0.2) is 23.3 Å². The first-order chi connectivity index (χ1) is 8.17. The van der Waals surface area contributed by atoms with Gasteiger partial charge < -0.3 is 9.30 Å². The molecule has 3 nitrogen and oxygen atoms in total. The first-order valence-corrected chi connectivity index (χ1v) is 5.97. The van der Waals surface area contributed by atoms with Crippen molar-refractivity contribution in [2.75, 3.05) is 13.7 Å². The molecule has 0 amide bonds. The molecule has 6 heteroatoms. The molecule has 0 bridgehead atoms. The summed E-state index contributed by atoms with van der Waals surface area (Å²) < 4.78 is 20.2. The summed E-state index contributed by atoms with van der Waals surface area (Å²) in [6.07, 6.45) is 0. The van der Waals surface area contributed by atoms with Crippen LogP contribution in [0, 0.1) is 5.82 Å². The summed E-state index contributed by atoms with van der Waals surface area (Å²) in [5.74, 6) is 0.467. The minimum atomic E-state index is -0.475. The Kier molecular flexibility index (Phi) is 3.86. The zero-order valence-electron chi connectivity index (χ0n) is 9.21. The quantitative estimate of drug-likeness (QED) is 0.802. The number of ether oxygens (including phenoxy) is 1. The number of fused-ring (bicyclic) bond motifs is 1. The van der Waals surface area contributed by atoms with Gasteiger partial charge in [0.25, 0.3) is 0 Å². The lowest BCUT2D eigenvalue weighted by Crippen LogP contribution is -2.07. The fourth-order valence-electron chi connectivity index (χ4n) is 1.70. The molecule has 1 aromatic carbocycles. The Balaban J connectivity index is 2.57. The van der Waals surface area contributed by atoms with Gasteiger partial charge in [0.1, 0.15) is 11.6 Å². The first kappa shape index (κ1) is 12.6. The molecule has 0 radical (unpaired) electrons. The molecule has 92 valence electrons. The minimum Gasteiger partial charge on any atom is -0.383 e. The molecule has 17 heavy (non-hydrogen) atoms. The summed E-state index contributed by atoms with van der Waals surface area (Å²) in [7, 11) is 1.62. The molecule has 1 aromatic heterocycles. The van der Waals surface area contributed by atoms with Crippen molar-refractivity contribution in [2.45, 2.75) is 12.4 Å². The van der Waals surface area contributed by atoms with Gasteiger partial charge in [-0.05, 0) is 6.07 Å². The highest BCUT2D eigenvalue weighted by molar-refractivity contribution is 6.31. The standard InChI is InChI=1S/C11H11Cl2FN2O/c1-17-3-2-16-10-4-7(13)8(14)5-9(10)15-11(16)6-12/h4-5H,2-3,6H2,1H3. The number of nitrogens with zero attached hydrogens (tertiary/aromatic N) is 2. The third-order valence-corrected chi connectivity index (χ3v) is 3.04. The number of benzene rings is 1. The van der Waals surface area contributed by atoms with E-state index in [4.69, 9.17) is 27.9 Å². The van der Waals surface area contributed by atoms with Gasteiger partial charge in [-0.2, -0.15) is 0 Å². The summed E-state index contributed by atoms with van der Waals surface area (Å²) >= 11 is 11.6. The summed E-state index contributed by atoms with van der Waals surface area (Å²) in [5, 5.41) is 0.0807. The minimum absolute atomic E-state index is 0.0807. The number of alkyl halides is 1. The number of methoxy groups -OCH3 is 1. The van der Waals surface area contributed by atoms with E-state index in [9.17, 15) is 4.39 Å². The van der Waals surface area contributed by atoms with Crippen LogP contribution in [0.3, 0.4) is 0 Å². The zero-order chi connectivity index (χ0) is 12.4. The Morgan fingerprint density at radius 3 is 2.88 bits per heavy atom. The van der Waals surface area contributed by atoms with Crippen molar-refractivity contribution in [1.29, 1.82) is 0 Å². The summed E-state index contributed by atoms with van der Waals surface area (Å²) in [5.41, 5.74) is 1.32. The lowest BCUT2D eigenvalue weighted by atomic mass is 10.3. The third kappa shape index (κ3) is 2.39. The van der Waals surface area contributed by atoms with Gasteiger partial charge in [-0.1, -0.05) is 11.6 Å². The van der Waals surface area contributed by atoms with E-state index in [-0.39, 0.29) is 10.9 Å². The summed E-state index contributed by atoms with van der Waals surface area (Å²) in [6, 6.07) is 2.88. The van der Waals surface area contributed by atoms with Crippen LogP contribution in [-0.2, 0) is 17.2 Å². The average Bonchev–Trinajstić information content (AvgIpc) is 2.64. The second-order valence-corrected chi connectivity index (χ2v) is 4.24. The number of aromatic nitrogens is 2. The van der Waals surface area contributed by atoms with Crippen LogP contribution in [0.4, 0.5) is 4.39 Å². The molecule has 2 rings (SSSR count). The number of halogens is 3. The Morgan fingerprint density at radius 1 is 1.47 bits per heavy atom. The van der Waals surface area contributed by atoms with Crippen molar-refractivity contribution in [3.8, 4) is 0 Å². The van der Waals surface area contributed by atoms with E-state index < -0.39 is 5.82 Å². The molecular weight excluding hydrogens is 266 g/mol. The van der Waals surface area contributed by atoms with E-state index in [1.54, 1.807) is 13.2 Å². The predicted molar refractivity (Wildman–Crippen MR) is 66.1 cm³/mol.